The molecule has 0 spiro atoms. The van der Waals surface area contributed by atoms with Gasteiger partial charge in [0.2, 0.25) is 5.91 Å². The Morgan fingerprint density at radius 1 is 1.20 bits per heavy atom. The normalized spacial score (nSPS) is 21.9. The largest absolute Gasteiger partial charge is 0.365 e. The molecule has 2 aliphatic rings. The Morgan fingerprint density at radius 3 is 2.60 bits per heavy atom. The first-order valence-corrected chi connectivity index (χ1v) is 10.4. The Labute approximate surface area is 194 Å². The first kappa shape index (κ1) is 24.6. The van der Waals surface area contributed by atoms with E-state index in [0.717, 1.165) is 25.9 Å². The third-order valence-corrected chi connectivity index (χ3v) is 5.65. The zero-order valence-electron chi connectivity index (χ0n) is 17.7. The van der Waals surface area contributed by atoms with E-state index in [1.165, 1.54) is 24.6 Å². The molecule has 9 heteroatoms. The summed E-state index contributed by atoms with van der Waals surface area (Å²) in [5, 5.41) is 6.47. The van der Waals surface area contributed by atoms with E-state index in [2.05, 4.69) is 22.5 Å². The number of anilines is 1. The predicted octanol–water partition coefficient (Wildman–Crippen LogP) is 2.98. The van der Waals surface area contributed by atoms with Crippen LogP contribution in [0, 0.1) is 17.6 Å². The summed E-state index contributed by atoms with van der Waals surface area (Å²) in [7, 11) is 1.67. The van der Waals surface area contributed by atoms with Crippen LogP contribution < -0.4 is 15.5 Å². The SMILES string of the molecule is CN=C(NCCC(=O)N1CCCC(C)C1)NC1CCN(c2c(F)cccc2F)C1.I. The standard InChI is InChI=1S/C21H31F2N5O.HI/c1-15-5-4-11-27(13-15)19(29)8-10-25-21(24-2)26-16-9-12-28(14-16)20-17(22)6-3-7-18(20)23;/h3,6-7,15-16H,4-5,8-14H2,1-2H3,(H2,24,25,26);1H. The van der Waals surface area contributed by atoms with E-state index in [1.54, 1.807) is 11.9 Å². The van der Waals surface area contributed by atoms with E-state index >= 15 is 0 Å². The van der Waals surface area contributed by atoms with Gasteiger partial charge in [0.1, 0.15) is 17.3 Å². The summed E-state index contributed by atoms with van der Waals surface area (Å²) < 4.78 is 28.0. The summed E-state index contributed by atoms with van der Waals surface area (Å²) in [4.78, 5) is 20.2. The van der Waals surface area contributed by atoms with E-state index < -0.39 is 11.6 Å². The third-order valence-electron chi connectivity index (χ3n) is 5.65. The Bertz CT molecular complexity index is 728. The molecule has 1 aromatic carbocycles. The molecule has 0 saturated carbocycles. The van der Waals surface area contributed by atoms with Crippen molar-refractivity contribution in [1.82, 2.24) is 15.5 Å². The fourth-order valence-electron chi connectivity index (χ4n) is 4.12. The summed E-state index contributed by atoms with van der Waals surface area (Å²) in [6.07, 6.45) is 3.43. The van der Waals surface area contributed by atoms with Crippen molar-refractivity contribution in [2.45, 2.75) is 38.6 Å². The zero-order chi connectivity index (χ0) is 20.8. The first-order chi connectivity index (χ1) is 14.0. The van der Waals surface area contributed by atoms with Crippen LogP contribution in [0.4, 0.5) is 14.5 Å². The molecule has 2 unspecified atom stereocenters. The highest BCUT2D eigenvalue weighted by Gasteiger charge is 2.27. The maximum absolute atomic E-state index is 14.0. The molecule has 2 saturated heterocycles. The third kappa shape index (κ3) is 6.42. The minimum Gasteiger partial charge on any atom is -0.365 e. The number of hydrogen-bond acceptors (Lipinski definition) is 3. The van der Waals surface area contributed by atoms with Gasteiger partial charge in [-0.3, -0.25) is 9.79 Å². The summed E-state index contributed by atoms with van der Waals surface area (Å²) in [5.74, 6) is 0.254. The number of carbonyl (C=O) groups excluding carboxylic acids is 1. The number of likely N-dealkylation sites (tertiary alicyclic amines) is 1. The molecule has 1 aromatic rings. The van der Waals surface area contributed by atoms with E-state index in [9.17, 15) is 13.6 Å². The van der Waals surface area contributed by atoms with Gasteiger partial charge in [-0.15, -0.1) is 24.0 Å². The molecule has 3 rings (SSSR count). The van der Waals surface area contributed by atoms with Gasteiger partial charge in [0.05, 0.1) is 0 Å². The van der Waals surface area contributed by atoms with Crippen LogP contribution in [0.5, 0.6) is 0 Å². The predicted molar refractivity (Wildman–Crippen MR) is 126 cm³/mol. The number of amides is 1. The fourth-order valence-corrected chi connectivity index (χ4v) is 4.12. The minimum absolute atomic E-state index is 0. The number of guanidine groups is 1. The van der Waals surface area contributed by atoms with Crippen molar-refractivity contribution in [2.75, 3.05) is 44.7 Å². The number of halogens is 3. The molecule has 1 amide bonds. The smallest absolute Gasteiger partial charge is 0.224 e. The van der Waals surface area contributed by atoms with Crippen molar-refractivity contribution in [3.8, 4) is 0 Å². The number of nitrogens with one attached hydrogen (secondary N) is 2. The van der Waals surface area contributed by atoms with Crippen molar-refractivity contribution >= 4 is 41.5 Å². The Balaban J connectivity index is 0.00000320. The fraction of sp³-hybridized carbons (Fsp3) is 0.619. The molecule has 0 aliphatic carbocycles. The van der Waals surface area contributed by atoms with Gasteiger partial charge in [-0.25, -0.2) is 8.78 Å². The average Bonchev–Trinajstić information content (AvgIpc) is 3.15. The lowest BCUT2D eigenvalue weighted by Gasteiger charge is -2.31. The number of rotatable bonds is 5. The number of aliphatic imine (C=N–C) groups is 1. The summed E-state index contributed by atoms with van der Waals surface area (Å²) >= 11 is 0. The maximum Gasteiger partial charge on any atom is 0.224 e. The van der Waals surface area contributed by atoms with Gasteiger partial charge in [0.15, 0.2) is 5.96 Å². The second-order valence-electron chi connectivity index (χ2n) is 7.98. The lowest BCUT2D eigenvalue weighted by molar-refractivity contribution is -0.132. The topological polar surface area (TPSA) is 60.0 Å². The highest BCUT2D eigenvalue weighted by Crippen LogP contribution is 2.26. The lowest BCUT2D eigenvalue weighted by atomic mass is 10.00. The Kier molecular flexibility index (Phi) is 9.57. The van der Waals surface area contributed by atoms with Crippen molar-refractivity contribution in [2.24, 2.45) is 10.9 Å². The number of para-hydroxylation sites is 1. The Morgan fingerprint density at radius 2 is 1.93 bits per heavy atom. The molecule has 0 bridgehead atoms. The summed E-state index contributed by atoms with van der Waals surface area (Å²) in [6, 6.07) is 3.95. The van der Waals surface area contributed by atoms with Crippen LogP contribution in [0.1, 0.15) is 32.6 Å². The van der Waals surface area contributed by atoms with Crippen molar-refractivity contribution in [3.63, 3.8) is 0 Å². The van der Waals surface area contributed by atoms with E-state index in [4.69, 9.17) is 0 Å². The molecule has 2 aliphatic heterocycles. The number of benzene rings is 1. The van der Waals surface area contributed by atoms with Crippen LogP contribution in [0.3, 0.4) is 0 Å². The van der Waals surface area contributed by atoms with Crippen LogP contribution in [0.25, 0.3) is 0 Å². The molecular formula is C21H32F2IN5O. The van der Waals surface area contributed by atoms with Crippen LogP contribution in [-0.4, -0.2) is 62.6 Å². The molecule has 6 nitrogen and oxygen atoms in total. The second kappa shape index (κ2) is 11.7. The van der Waals surface area contributed by atoms with Gasteiger partial charge >= 0.3 is 0 Å². The second-order valence-corrected chi connectivity index (χ2v) is 7.98. The van der Waals surface area contributed by atoms with E-state index in [-0.39, 0.29) is 41.6 Å². The molecular weight excluding hydrogens is 503 g/mol. The number of carbonyl (C=O) groups is 1. The molecule has 0 aromatic heterocycles. The van der Waals surface area contributed by atoms with Crippen LogP contribution in [0.2, 0.25) is 0 Å². The van der Waals surface area contributed by atoms with Crippen molar-refractivity contribution in [3.05, 3.63) is 29.8 Å². The average molecular weight is 535 g/mol. The van der Waals surface area contributed by atoms with Crippen LogP contribution in [-0.2, 0) is 4.79 Å². The highest BCUT2D eigenvalue weighted by molar-refractivity contribution is 14.0. The van der Waals surface area contributed by atoms with Crippen molar-refractivity contribution < 1.29 is 13.6 Å². The van der Waals surface area contributed by atoms with Gasteiger partial charge in [0.25, 0.3) is 0 Å². The highest BCUT2D eigenvalue weighted by atomic mass is 127. The molecule has 2 N–H and O–H groups in total. The molecule has 0 radical (unpaired) electrons. The summed E-state index contributed by atoms with van der Waals surface area (Å²) in [6.45, 7) is 5.43. The van der Waals surface area contributed by atoms with Gasteiger partial charge in [-0.05, 0) is 37.3 Å². The number of nitrogens with zero attached hydrogens (tertiary/aromatic N) is 3. The van der Waals surface area contributed by atoms with E-state index in [1.807, 2.05) is 4.90 Å². The van der Waals surface area contributed by atoms with E-state index in [0.29, 0.717) is 37.9 Å². The molecule has 168 valence electrons. The van der Waals surface area contributed by atoms with Gasteiger partial charge < -0.3 is 20.4 Å². The van der Waals surface area contributed by atoms with Gasteiger partial charge in [0, 0.05) is 52.2 Å². The minimum atomic E-state index is -0.543. The van der Waals surface area contributed by atoms with Crippen LogP contribution >= 0.6 is 24.0 Å². The van der Waals surface area contributed by atoms with Crippen LogP contribution in [0.15, 0.2) is 23.2 Å². The number of hydrogen-bond donors (Lipinski definition) is 2. The molecule has 30 heavy (non-hydrogen) atoms. The summed E-state index contributed by atoms with van der Waals surface area (Å²) in [5.41, 5.74) is 0.0288. The van der Waals surface area contributed by atoms with Crippen molar-refractivity contribution in [1.29, 1.82) is 0 Å². The van der Waals surface area contributed by atoms with Gasteiger partial charge in [-0.1, -0.05) is 13.0 Å². The van der Waals surface area contributed by atoms with Gasteiger partial charge in [-0.2, -0.15) is 0 Å². The molecule has 2 atom stereocenters. The maximum atomic E-state index is 14.0. The first-order valence-electron chi connectivity index (χ1n) is 10.4. The lowest BCUT2D eigenvalue weighted by Crippen LogP contribution is -2.46. The molecule has 2 heterocycles. The number of piperidine rings is 1. The quantitative estimate of drug-likeness (QED) is 0.346. The molecule has 2 fully saturated rings. The Hall–Kier alpha value is -1.65. The monoisotopic (exact) mass is 535 g/mol. The zero-order valence-corrected chi connectivity index (χ0v) is 20.0.